The molecule has 0 aliphatic carbocycles. The number of pyridine rings is 1. The summed E-state index contributed by atoms with van der Waals surface area (Å²) < 4.78 is 1.47. The zero-order chi connectivity index (χ0) is 13.7. The van der Waals surface area contributed by atoms with Gasteiger partial charge in [0.2, 0.25) is 5.95 Å². The molecule has 2 rings (SSSR count). The molecule has 2 aromatic rings. The fraction of sp³-hybridized carbons (Fsp3) is 0.385. The highest BCUT2D eigenvalue weighted by atomic mass is 16.1. The van der Waals surface area contributed by atoms with E-state index in [1.807, 2.05) is 12.1 Å². The van der Waals surface area contributed by atoms with Gasteiger partial charge in [0.05, 0.1) is 6.54 Å². The van der Waals surface area contributed by atoms with E-state index >= 15 is 0 Å². The lowest BCUT2D eigenvalue weighted by Crippen LogP contribution is -2.26. The average molecular weight is 259 g/mol. The third kappa shape index (κ3) is 3.87. The van der Waals surface area contributed by atoms with Crippen LogP contribution in [0, 0.1) is 5.92 Å². The highest BCUT2D eigenvalue weighted by Gasteiger charge is 2.03. The van der Waals surface area contributed by atoms with Gasteiger partial charge < -0.3 is 5.32 Å². The minimum atomic E-state index is -0.307. The van der Waals surface area contributed by atoms with Crippen molar-refractivity contribution in [3.05, 3.63) is 46.9 Å². The van der Waals surface area contributed by atoms with E-state index in [4.69, 9.17) is 0 Å². The molecule has 0 aliphatic heterocycles. The van der Waals surface area contributed by atoms with E-state index in [1.165, 1.54) is 10.9 Å². The van der Waals surface area contributed by atoms with Crippen molar-refractivity contribution in [2.45, 2.75) is 20.4 Å². The topological polar surface area (TPSA) is 72.7 Å². The predicted octanol–water partition coefficient (Wildman–Crippen LogP) is 1.15. The summed E-state index contributed by atoms with van der Waals surface area (Å²) in [5.74, 6) is 0.854. The summed E-state index contributed by atoms with van der Waals surface area (Å²) in [5.41, 5.74) is 0.682. The van der Waals surface area contributed by atoms with E-state index in [2.05, 4.69) is 34.1 Å². The molecule has 2 aromatic heterocycles. The first-order valence-electron chi connectivity index (χ1n) is 6.21. The Morgan fingerprint density at radius 2 is 2.05 bits per heavy atom. The monoisotopic (exact) mass is 259 g/mol. The Bertz CT molecular complexity index is 579. The summed E-state index contributed by atoms with van der Waals surface area (Å²) >= 11 is 0. The van der Waals surface area contributed by atoms with Gasteiger partial charge in [-0.15, -0.1) is 0 Å². The van der Waals surface area contributed by atoms with Gasteiger partial charge in [-0.2, -0.15) is 4.98 Å². The molecule has 0 spiro atoms. The quantitative estimate of drug-likeness (QED) is 0.872. The predicted molar refractivity (Wildman–Crippen MR) is 73.0 cm³/mol. The molecule has 6 heteroatoms. The molecule has 0 unspecified atom stereocenters. The normalized spacial score (nSPS) is 10.7. The Labute approximate surface area is 111 Å². The molecule has 6 nitrogen and oxygen atoms in total. The van der Waals surface area contributed by atoms with Crippen LogP contribution >= 0.6 is 0 Å². The molecule has 0 aliphatic rings. The van der Waals surface area contributed by atoms with Gasteiger partial charge in [0.25, 0.3) is 0 Å². The second-order valence-corrected chi connectivity index (χ2v) is 4.72. The van der Waals surface area contributed by atoms with Crippen molar-refractivity contribution < 1.29 is 0 Å². The lowest BCUT2D eigenvalue weighted by molar-refractivity contribution is 0.670. The van der Waals surface area contributed by atoms with Crippen molar-refractivity contribution in [2.75, 3.05) is 11.9 Å². The van der Waals surface area contributed by atoms with Crippen LogP contribution in [0.25, 0.3) is 0 Å². The fourth-order valence-electron chi connectivity index (χ4n) is 1.53. The van der Waals surface area contributed by atoms with Crippen molar-refractivity contribution in [1.29, 1.82) is 0 Å². The van der Waals surface area contributed by atoms with Crippen LogP contribution in [-0.4, -0.2) is 26.1 Å². The molecule has 1 N–H and O–H groups in total. The van der Waals surface area contributed by atoms with Gasteiger partial charge in [-0.1, -0.05) is 13.8 Å². The van der Waals surface area contributed by atoms with Crippen LogP contribution in [0.2, 0.25) is 0 Å². The Balaban J connectivity index is 2.09. The molecule has 0 atom stereocenters. The summed E-state index contributed by atoms with van der Waals surface area (Å²) in [6, 6.07) is 3.72. The molecular formula is C13H17N5O. The van der Waals surface area contributed by atoms with Crippen LogP contribution in [-0.2, 0) is 6.54 Å². The Kier molecular flexibility index (Phi) is 4.22. The summed E-state index contributed by atoms with van der Waals surface area (Å²) in [6.07, 6.45) is 4.90. The highest BCUT2D eigenvalue weighted by molar-refractivity contribution is 5.21. The minimum absolute atomic E-state index is 0.307. The Morgan fingerprint density at radius 1 is 1.32 bits per heavy atom. The Morgan fingerprint density at radius 3 is 2.68 bits per heavy atom. The van der Waals surface area contributed by atoms with Gasteiger partial charge in [0.1, 0.15) is 6.33 Å². The van der Waals surface area contributed by atoms with Crippen LogP contribution in [0.4, 0.5) is 5.95 Å². The maximum Gasteiger partial charge on any atom is 0.352 e. The van der Waals surface area contributed by atoms with E-state index in [9.17, 15) is 4.79 Å². The summed E-state index contributed by atoms with van der Waals surface area (Å²) in [4.78, 5) is 23.8. The number of hydrogen-bond acceptors (Lipinski definition) is 5. The zero-order valence-electron chi connectivity index (χ0n) is 11.1. The smallest absolute Gasteiger partial charge is 0.352 e. The first-order chi connectivity index (χ1) is 9.15. The van der Waals surface area contributed by atoms with E-state index in [-0.39, 0.29) is 5.69 Å². The Hall–Kier alpha value is -2.24. The number of hydrogen-bond donors (Lipinski definition) is 1. The minimum Gasteiger partial charge on any atom is -0.354 e. The number of nitrogens with one attached hydrogen (secondary N) is 1. The van der Waals surface area contributed by atoms with E-state index in [0.717, 1.165) is 12.1 Å². The molecule has 19 heavy (non-hydrogen) atoms. The van der Waals surface area contributed by atoms with Gasteiger partial charge in [0.15, 0.2) is 0 Å². The number of rotatable bonds is 5. The third-order valence-electron chi connectivity index (χ3n) is 2.54. The lowest BCUT2D eigenvalue weighted by Gasteiger charge is -2.08. The summed E-state index contributed by atoms with van der Waals surface area (Å²) in [6.45, 7) is 5.36. The number of anilines is 1. The third-order valence-corrected chi connectivity index (χ3v) is 2.54. The molecule has 0 saturated carbocycles. The standard InChI is InChI=1S/C13H17N5O/c1-10(2)7-15-12-16-9-18(13(19)17-12)8-11-3-5-14-6-4-11/h3-6,9-10H,7-8H2,1-2H3,(H,15,17,19). The molecule has 0 aromatic carbocycles. The molecule has 0 bridgehead atoms. The molecular weight excluding hydrogens is 242 g/mol. The van der Waals surface area contributed by atoms with Crippen molar-refractivity contribution in [1.82, 2.24) is 19.5 Å². The maximum atomic E-state index is 11.8. The molecule has 0 radical (unpaired) electrons. The van der Waals surface area contributed by atoms with Crippen LogP contribution in [0.5, 0.6) is 0 Å². The second kappa shape index (κ2) is 6.08. The number of nitrogens with zero attached hydrogens (tertiary/aromatic N) is 4. The lowest BCUT2D eigenvalue weighted by atomic mass is 10.2. The fourth-order valence-corrected chi connectivity index (χ4v) is 1.53. The number of aromatic nitrogens is 4. The van der Waals surface area contributed by atoms with E-state index in [1.54, 1.807) is 12.4 Å². The van der Waals surface area contributed by atoms with Gasteiger partial charge >= 0.3 is 5.69 Å². The molecule has 100 valence electrons. The van der Waals surface area contributed by atoms with E-state index < -0.39 is 0 Å². The molecule has 0 fully saturated rings. The van der Waals surface area contributed by atoms with Crippen molar-refractivity contribution in [3.8, 4) is 0 Å². The van der Waals surface area contributed by atoms with Crippen LogP contribution in [0.3, 0.4) is 0 Å². The van der Waals surface area contributed by atoms with Crippen molar-refractivity contribution >= 4 is 5.95 Å². The first-order valence-corrected chi connectivity index (χ1v) is 6.21. The average Bonchev–Trinajstić information content (AvgIpc) is 2.40. The van der Waals surface area contributed by atoms with Crippen LogP contribution < -0.4 is 11.0 Å². The molecule has 0 saturated heterocycles. The van der Waals surface area contributed by atoms with Crippen LogP contribution in [0.15, 0.2) is 35.6 Å². The van der Waals surface area contributed by atoms with Crippen molar-refractivity contribution in [2.24, 2.45) is 5.92 Å². The van der Waals surface area contributed by atoms with Crippen molar-refractivity contribution in [3.63, 3.8) is 0 Å². The largest absolute Gasteiger partial charge is 0.354 e. The van der Waals surface area contributed by atoms with Gasteiger partial charge in [-0.3, -0.25) is 9.55 Å². The molecule has 0 amide bonds. The SMILES string of the molecule is CC(C)CNc1ncn(Cc2ccncc2)c(=O)n1. The summed E-state index contributed by atoms with van der Waals surface area (Å²) in [7, 11) is 0. The van der Waals surface area contributed by atoms with E-state index in [0.29, 0.717) is 18.4 Å². The second-order valence-electron chi connectivity index (χ2n) is 4.72. The zero-order valence-corrected chi connectivity index (χ0v) is 11.1. The maximum absolute atomic E-state index is 11.8. The van der Waals surface area contributed by atoms with Gasteiger partial charge in [-0.25, -0.2) is 9.78 Å². The van der Waals surface area contributed by atoms with Gasteiger partial charge in [0, 0.05) is 18.9 Å². The highest BCUT2D eigenvalue weighted by Crippen LogP contribution is 1.99. The van der Waals surface area contributed by atoms with Crippen LogP contribution in [0.1, 0.15) is 19.4 Å². The summed E-state index contributed by atoms with van der Waals surface area (Å²) in [5, 5.41) is 3.03. The molecule has 2 heterocycles. The first kappa shape index (κ1) is 13.2. The van der Waals surface area contributed by atoms with Gasteiger partial charge in [-0.05, 0) is 23.6 Å².